The van der Waals surface area contributed by atoms with Crippen LogP contribution in [0.2, 0.25) is 0 Å². The highest BCUT2D eigenvalue weighted by Gasteiger charge is 2.72. The summed E-state index contributed by atoms with van der Waals surface area (Å²) in [5, 5.41) is 76.8. The zero-order chi connectivity index (χ0) is 52.7. The van der Waals surface area contributed by atoms with Crippen molar-refractivity contribution in [1.82, 2.24) is 0 Å². The van der Waals surface area contributed by atoms with Crippen molar-refractivity contribution in [2.24, 2.45) is 0 Å². The van der Waals surface area contributed by atoms with Crippen molar-refractivity contribution < 1.29 is 106 Å². The Kier molecular flexibility index (Phi) is 13.4. The van der Waals surface area contributed by atoms with Gasteiger partial charge >= 0.3 is 60.1 Å². The predicted molar refractivity (Wildman–Crippen MR) is 232 cm³/mol. The molecule has 7 rings (SSSR count). The number of benzene rings is 6. The van der Waals surface area contributed by atoms with Gasteiger partial charge in [-0.05, 0) is 105 Å². The van der Waals surface area contributed by atoms with Gasteiger partial charge in [-0.2, -0.15) is 26.3 Å². The lowest BCUT2D eigenvalue weighted by atomic mass is 9.66. The molecule has 0 aliphatic heterocycles. The number of carbonyl (C=O) groups is 8. The summed E-state index contributed by atoms with van der Waals surface area (Å²) in [6, 6.07) is 20.3. The van der Waals surface area contributed by atoms with Crippen LogP contribution in [0.5, 0.6) is 0 Å². The lowest BCUT2D eigenvalue weighted by Crippen LogP contribution is -2.55. The molecule has 0 atom stereocenters. The first-order valence-electron chi connectivity index (χ1n) is 19.9. The van der Waals surface area contributed by atoms with E-state index in [0.717, 1.165) is 21.9 Å². The maximum atomic E-state index is 14.2. The Labute approximate surface area is 392 Å². The van der Waals surface area contributed by atoms with E-state index in [1.165, 1.54) is 36.4 Å². The third kappa shape index (κ3) is 9.20. The maximum absolute atomic E-state index is 14.2. The second-order valence-corrected chi connectivity index (χ2v) is 15.6. The third-order valence-corrected chi connectivity index (χ3v) is 11.7. The molecule has 0 aromatic heterocycles. The van der Waals surface area contributed by atoms with Crippen LogP contribution in [0.1, 0.15) is 116 Å². The van der Waals surface area contributed by atoms with E-state index in [-0.39, 0.29) is 47.5 Å². The number of allylic oxidation sites excluding steroid dienone is 1. The molecule has 0 spiro atoms. The first-order chi connectivity index (χ1) is 33.1. The highest BCUT2D eigenvalue weighted by Crippen LogP contribution is 2.56. The van der Waals surface area contributed by atoms with E-state index < -0.39 is 115 Å². The van der Waals surface area contributed by atoms with Gasteiger partial charge < -0.3 is 40.9 Å². The summed E-state index contributed by atoms with van der Waals surface area (Å²) < 4.78 is 85.1. The standard InChI is InChI=1S/C30H20O8.C19H10F6O8/c31-26(32)22-7-5-20(13-24(22)28(35)36)30(21-6-8-23(27(33)34)25(14-21)29(37)38)10-9-18-11-16-3-1-2-4-17(16)12-19(18)15-30;20-18(21,22)17(19(23,24)25,7-1-3-9(13(26)27)11(5-7)15(30)31)8-2-4-10(14(28)29)12(6-8)16(32)33/h1-14H,15H2,(H,31,32)(H,33,34)(H,35,36)(H,37,38);1-6H,(H,26,27)(H,28,29)(H,30,31)(H,32,33). The molecule has 16 nitrogen and oxygen atoms in total. The maximum Gasteiger partial charge on any atom is 0.411 e. The molecule has 0 amide bonds. The lowest BCUT2D eigenvalue weighted by molar-refractivity contribution is -0.288. The molecule has 0 saturated carbocycles. The van der Waals surface area contributed by atoms with Crippen molar-refractivity contribution in [2.75, 3.05) is 0 Å². The third-order valence-electron chi connectivity index (χ3n) is 11.7. The molecule has 0 heterocycles. The first-order valence-corrected chi connectivity index (χ1v) is 19.9. The summed E-state index contributed by atoms with van der Waals surface area (Å²) in [5.41, 5.74) is -13.6. The highest BCUT2D eigenvalue weighted by molar-refractivity contribution is 6.04. The van der Waals surface area contributed by atoms with Gasteiger partial charge in [0.1, 0.15) is 0 Å². The van der Waals surface area contributed by atoms with Crippen LogP contribution in [-0.4, -0.2) is 101 Å². The van der Waals surface area contributed by atoms with Crippen LogP contribution in [0.4, 0.5) is 26.3 Å². The Hall–Kier alpha value is -9.34. The summed E-state index contributed by atoms with van der Waals surface area (Å²) in [4.78, 5) is 92.3. The topological polar surface area (TPSA) is 298 Å². The number of carboxylic acid groups (broad SMARTS) is 8. The fraction of sp³-hybridized carbons (Fsp3) is 0.102. The van der Waals surface area contributed by atoms with Gasteiger partial charge in [0.25, 0.3) is 0 Å². The summed E-state index contributed by atoms with van der Waals surface area (Å²) in [5.74, 6) is -13.8. The largest absolute Gasteiger partial charge is 0.478 e. The minimum Gasteiger partial charge on any atom is -0.478 e. The van der Waals surface area contributed by atoms with E-state index in [1.54, 1.807) is 0 Å². The average molecular weight is 989 g/mol. The van der Waals surface area contributed by atoms with Gasteiger partial charge in [-0.25, -0.2) is 38.4 Å². The second-order valence-electron chi connectivity index (χ2n) is 15.6. The van der Waals surface area contributed by atoms with Crippen molar-refractivity contribution >= 4 is 64.6 Å². The normalized spacial score (nSPS) is 13.0. The molecule has 0 saturated heterocycles. The van der Waals surface area contributed by atoms with Gasteiger partial charge in [0.05, 0.1) is 44.5 Å². The van der Waals surface area contributed by atoms with E-state index in [4.69, 9.17) is 20.4 Å². The summed E-state index contributed by atoms with van der Waals surface area (Å²) in [7, 11) is 0. The van der Waals surface area contributed by atoms with Gasteiger partial charge in [0.2, 0.25) is 5.41 Å². The summed E-state index contributed by atoms with van der Waals surface area (Å²) in [6.45, 7) is 0. The number of alkyl halides is 6. The average Bonchev–Trinajstić information content (AvgIpc) is 3.29. The van der Waals surface area contributed by atoms with Gasteiger partial charge in [0, 0.05) is 5.41 Å². The SMILES string of the molecule is O=C(O)c1ccc(C(c2ccc(C(=O)O)c(C(=O)O)c2)(C(F)(F)F)C(F)(F)F)cc1C(=O)O.O=C(O)c1ccc(C2(c3ccc(C(=O)O)c(C(=O)O)c3)C=Cc3cc4ccccc4cc3C2)cc1C(=O)O. The molecule has 71 heavy (non-hydrogen) atoms. The van der Waals surface area contributed by atoms with Crippen LogP contribution in [0.3, 0.4) is 0 Å². The van der Waals surface area contributed by atoms with Crippen LogP contribution in [-0.2, 0) is 17.3 Å². The van der Waals surface area contributed by atoms with E-state index in [1.807, 2.05) is 48.6 Å². The summed E-state index contributed by atoms with van der Waals surface area (Å²) >= 11 is 0. The number of hydrogen-bond acceptors (Lipinski definition) is 8. The van der Waals surface area contributed by atoms with Gasteiger partial charge in [-0.1, -0.05) is 66.7 Å². The fourth-order valence-corrected chi connectivity index (χ4v) is 8.40. The number of halogens is 6. The molecular weight excluding hydrogens is 959 g/mol. The van der Waals surface area contributed by atoms with Crippen molar-refractivity contribution in [2.45, 2.75) is 29.6 Å². The monoisotopic (exact) mass is 988 g/mol. The number of rotatable bonds is 12. The van der Waals surface area contributed by atoms with Crippen molar-refractivity contribution in [3.05, 3.63) is 193 Å². The molecule has 0 radical (unpaired) electrons. The number of fused-ring (bicyclic) bond motifs is 2. The molecule has 6 aromatic carbocycles. The molecule has 8 N–H and O–H groups in total. The predicted octanol–water partition coefficient (Wildman–Crippen LogP) is 9.08. The lowest BCUT2D eigenvalue weighted by Gasteiger charge is -2.38. The molecule has 364 valence electrons. The molecule has 0 fully saturated rings. The Balaban J connectivity index is 0.000000235. The zero-order valence-electron chi connectivity index (χ0n) is 35.4. The van der Waals surface area contributed by atoms with Crippen LogP contribution in [0, 0.1) is 0 Å². The molecular formula is C49H30F6O16. The molecule has 22 heteroatoms. The van der Waals surface area contributed by atoms with Gasteiger partial charge in [-0.3, -0.25) is 0 Å². The molecule has 1 aliphatic rings. The Morgan fingerprint density at radius 3 is 1.06 bits per heavy atom. The quantitative estimate of drug-likeness (QED) is 0.0530. The second kappa shape index (κ2) is 18.6. The summed E-state index contributed by atoms with van der Waals surface area (Å²) in [6.07, 6.45) is -8.56. The van der Waals surface area contributed by atoms with Crippen LogP contribution in [0.25, 0.3) is 16.8 Å². The minimum atomic E-state index is -6.27. The smallest absolute Gasteiger partial charge is 0.411 e. The van der Waals surface area contributed by atoms with Crippen molar-refractivity contribution in [3.8, 4) is 0 Å². The van der Waals surface area contributed by atoms with Crippen LogP contribution in [0.15, 0.2) is 115 Å². The number of hydrogen-bond donors (Lipinski definition) is 8. The zero-order valence-corrected chi connectivity index (χ0v) is 35.4. The minimum absolute atomic E-state index is 0.0996. The Morgan fingerprint density at radius 2 is 0.718 bits per heavy atom. The molecule has 0 unspecified atom stereocenters. The van der Waals surface area contributed by atoms with E-state index in [0.29, 0.717) is 17.5 Å². The Morgan fingerprint density at radius 1 is 0.394 bits per heavy atom. The van der Waals surface area contributed by atoms with Crippen LogP contribution < -0.4 is 0 Å². The first kappa shape index (κ1) is 51.1. The Bertz CT molecular complexity index is 3150. The van der Waals surface area contributed by atoms with E-state index in [9.17, 15) is 85.1 Å². The van der Waals surface area contributed by atoms with Crippen molar-refractivity contribution in [1.29, 1.82) is 0 Å². The fourth-order valence-electron chi connectivity index (χ4n) is 8.40. The molecule has 6 aromatic rings. The van der Waals surface area contributed by atoms with Gasteiger partial charge in [-0.15, -0.1) is 0 Å². The van der Waals surface area contributed by atoms with Gasteiger partial charge in [0.15, 0.2) is 0 Å². The number of carboxylic acids is 8. The number of aromatic carboxylic acids is 8. The van der Waals surface area contributed by atoms with Crippen LogP contribution >= 0.6 is 0 Å². The van der Waals surface area contributed by atoms with E-state index in [2.05, 4.69) is 0 Å². The highest BCUT2D eigenvalue weighted by atomic mass is 19.4. The van der Waals surface area contributed by atoms with Crippen molar-refractivity contribution in [3.63, 3.8) is 0 Å². The molecule has 1 aliphatic carbocycles. The molecule has 0 bridgehead atoms. The van der Waals surface area contributed by atoms with E-state index >= 15 is 0 Å².